The minimum Gasteiger partial charge on any atom is -0.325 e. The molecule has 0 fully saturated rings. The Hall–Kier alpha value is -3.16. The van der Waals surface area contributed by atoms with E-state index in [0.29, 0.717) is 32.6 Å². The fourth-order valence-electron chi connectivity index (χ4n) is 3.21. The normalized spacial score (nSPS) is 12.0. The van der Waals surface area contributed by atoms with Gasteiger partial charge in [-0.2, -0.15) is 0 Å². The van der Waals surface area contributed by atoms with Crippen LogP contribution in [0.25, 0.3) is 16.7 Å². The van der Waals surface area contributed by atoms with Crippen LogP contribution in [0, 0.1) is 13.8 Å². The monoisotopic (exact) mass is 464 g/mol. The fourth-order valence-corrected chi connectivity index (χ4v) is 4.30. The van der Waals surface area contributed by atoms with Gasteiger partial charge < -0.3 is 5.32 Å². The Labute approximate surface area is 194 Å². The quantitative estimate of drug-likeness (QED) is 0.325. The highest BCUT2D eigenvalue weighted by molar-refractivity contribution is 8.00. The number of hydrogen-bond donors (Lipinski definition) is 1. The number of pyridine rings is 1. The van der Waals surface area contributed by atoms with Gasteiger partial charge in [-0.3, -0.25) is 9.59 Å². The predicted octanol–water partition coefficient (Wildman–Crippen LogP) is 5.17. The molecule has 4 aromatic rings. The lowest BCUT2D eigenvalue weighted by Gasteiger charge is -2.17. The number of fused-ring (bicyclic) bond motifs is 1. The lowest BCUT2D eigenvalue weighted by Crippen LogP contribution is -2.27. The Morgan fingerprint density at radius 2 is 1.91 bits per heavy atom. The van der Waals surface area contributed by atoms with Crippen molar-refractivity contribution in [1.29, 1.82) is 0 Å². The molecule has 0 spiro atoms. The molecule has 4 rings (SSSR count). The van der Waals surface area contributed by atoms with Crippen LogP contribution in [0.15, 0.2) is 70.7 Å². The Kier molecular flexibility index (Phi) is 6.30. The number of nitrogens with one attached hydrogen (secondary N) is 1. The van der Waals surface area contributed by atoms with Gasteiger partial charge in [0.2, 0.25) is 5.91 Å². The number of hydrogen-bond acceptors (Lipinski definition) is 5. The highest BCUT2D eigenvalue weighted by Crippen LogP contribution is 2.27. The van der Waals surface area contributed by atoms with Gasteiger partial charge in [0, 0.05) is 16.9 Å². The van der Waals surface area contributed by atoms with E-state index in [1.54, 1.807) is 43.5 Å². The summed E-state index contributed by atoms with van der Waals surface area (Å²) in [6, 6.07) is 16.2. The van der Waals surface area contributed by atoms with Gasteiger partial charge in [-0.15, -0.1) is 0 Å². The van der Waals surface area contributed by atoms with Crippen LogP contribution in [0.3, 0.4) is 0 Å². The molecule has 2 heterocycles. The van der Waals surface area contributed by atoms with Crippen LogP contribution in [0.2, 0.25) is 5.02 Å². The summed E-state index contributed by atoms with van der Waals surface area (Å²) in [7, 11) is 0. The van der Waals surface area contributed by atoms with Crippen molar-refractivity contribution in [2.75, 3.05) is 5.32 Å². The molecule has 1 N–H and O–H groups in total. The number of para-hydroxylation sites is 1. The number of benzene rings is 2. The third kappa shape index (κ3) is 4.54. The van der Waals surface area contributed by atoms with E-state index in [1.807, 2.05) is 38.1 Å². The lowest BCUT2D eigenvalue weighted by atomic mass is 10.2. The van der Waals surface area contributed by atoms with Crippen LogP contribution in [-0.2, 0) is 4.79 Å². The molecule has 1 unspecified atom stereocenters. The number of anilines is 1. The SMILES string of the molecule is Cc1ccnc(-n2c(SC(C)C(=O)Nc3cc(Cl)ccc3C)nc3ccccc3c2=O)c1. The molecule has 1 amide bonds. The predicted molar refractivity (Wildman–Crippen MR) is 130 cm³/mol. The second-order valence-corrected chi connectivity index (χ2v) is 9.20. The van der Waals surface area contributed by atoms with Crippen LogP contribution in [-0.4, -0.2) is 25.7 Å². The van der Waals surface area contributed by atoms with Gasteiger partial charge in [0.05, 0.1) is 16.2 Å². The Balaban J connectivity index is 1.73. The molecule has 0 aliphatic carbocycles. The third-order valence-corrected chi connectivity index (χ3v) is 6.27. The molecule has 0 saturated heterocycles. The maximum atomic E-state index is 13.3. The van der Waals surface area contributed by atoms with Gasteiger partial charge in [-0.1, -0.05) is 41.6 Å². The van der Waals surface area contributed by atoms with Gasteiger partial charge in [-0.05, 0) is 68.3 Å². The minimum atomic E-state index is -0.530. The lowest BCUT2D eigenvalue weighted by molar-refractivity contribution is -0.115. The molecule has 2 aromatic heterocycles. The molecule has 8 heteroatoms. The van der Waals surface area contributed by atoms with Crippen LogP contribution in [0.5, 0.6) is 0 Å². The number of aryl methyl sites for hydroxylation is 2. The zero-order valence-electron chi connectivity index (χ0n) is 17.8. The van der Waals surface area contributed by atoms with Crippen LogP contribution in [0.4, 0.5) is 5.69 Å². The first-order valence-electron chi connectivity index (χ1n) is 10.0. The van der Waals surface area contributed by atoms with Crippen molar-refractivity contribution >= 4 is 45.9 Å². The summed E-state index contributed by atoms with van der Waals surface area (Å²) in [5, 5.41) is 3.82. The molecular weight excluding hydrogens is 444 g/mol. The van der Waals surface area contributed by atoms with Gasteiger partial charge >= 0.3 is 0 Å². The van der Waals surface area contributed by atoms with E-state index in [9.17, 15) is 9.59 Å². The molecule has 0 radical (unpaired) electrons. The summed E-state index contributed by atoms with van der Waals surface area (Å²) < 4.78 is 1.47. The summed E-state index contributed by atoms with van der Waals surface area (Å²) in [6.07, 6.45) is 1.65. The highest BCUT2D eigenvalue weighted by Gasteiger charge is 2.21. The van der Waals surface area contributed by atoms with Crippen molar-refractivity contribution in [2.24, 2.45) is 0 Å². The largest absolute Gasteiger partial charge is 0.325 e. The van der Waals surface area contributed by atoms with Crippen LogP contribution in [0.1, 0.15) is 18.1 Å². The second-order valence-electron chi connectivity index (χ2n) is 7.45. The average Bonchev–Trinajstić information content (AvgIpc) is 2.76. The fraction of sp³-hybridized carbons (Fsp3) is 0.167. The Morgan fingerprint density at radius 3 is 2.69 bits per heavy atom. The van der Waals surface area contributed by atoms with Gasteiger partial charge in [0.1, 0.15) is 5.82 Å². The standard InChI is InChI=1S/C24H21ClN4O2S/c1-14-10-11-26-21(12-14)29-23(31)18-6-4-5-7-19(18)28-24(29)32-16(3)22(30)27-20-13-17(25)9-8-15(20)2/h4-13,16H,1-3H3,(H,27,30). The van der Waals surface area contributed by atoms with Gasteiger partial charge in [0.15, 0.2) is 5.16 Å². The van der Waals surface area contributed by atoms with E-state index in [1.165, 1.54) is 16.3 Å². The Bertz CT molecular complexity index is 1390. The highest BCUT2D eigenvalue weighted by atomic mass is 35.5. The number of nitrogens with zero attached hydrogens (tertiary/aromatic N) is 3. The molecule has 2 aromatic carbocycles. The van der Waals surface area contributed by atoms with E-state index >= 15 is 0 Å². The van der Waals surface area contributed by atoms with Crippen molar-refractivity contribution in [3.8, 4) is 5.82 Å². The zero-order chi connectivity index (χ0) is 22.8. The summed E-state index contributed by atoms with van der Waals surface area (Å²) in [6.45, 7) is 5.60. The molecule has 162 valence electrons. The van der Waals surface area contributed by atoms with Crippen LogP contribution < -0.4 is 10.9 Å². The first-order valence-corrected chi connectivity index (χ1v) is 11.3. The van der Waals surface area contributed by atoms with Crippen molar-refractivity contribution in [2.45, 2.75) is 31.2 Å². The van der Waals surface area contributed by atoms with E-state index in [2.05, 4.69) is 15.3 Å². The molecule has 0 aliphatic heterocycles. The minimum absolute atomic E-state index is 0.216. The van der Waals surface area contributed by atoms with Crippen molar-refractivity contribution < 1.29 is 4.79 Å². The summed E-state index contributed by atoms with van der Waals surface area (Å²) in [5.41, 5.74) is 2.87. The van der Waals surface area contributed by atoms with E-state index in [4.69, 9.17) is 11.6 Å². The number of aromatic nitrogens is 3. The van der Waals surface area contributed by atoms with Crippen LogP contribution >= 0.6 is 23.4 Å². The molecule has 0 aliphatic rings. The summed E-state index contributed by atoms with van der Waals surface area (Å²) >= 11 is 7.28. The summed E-state index contributed by atoms with van der Waals surface area (Å²) in [5.74, 6) is 0.251. The van der Waals surface area contributed by atoms with Crippen molar-refractivity contribution in [3.63, 3.8) is 0 Å². The van der Waals surface area contributed by atoms with Gasteiger partial charge in [-0.25, -0.2) is 14.5 Å². The number of amides is 1. The van der Waals surface area contributed by atoms with Crippen molar-refractivity contribution in [3.05, 3.63) is 87.3 Å². The maximum absolute atomic E-state index is 13.3. The second kappa shape index (κ2) is 9.14. The smallest absolute Gasteiger partial charge is 0.267 e. The van der Waals surface area contributed by atoms with Gasteiger partial charge in [0.25, 0.3) is 5.56 Å². The van der Waals surface area contributed by atoms with E-state index < -0.39 is 5.25 Å². The van der Waals surface area contributed by atoms with E-state index in [-0.39, 0.29) is 11.5 Å². The third-order valence-electron chi connectivity index (χ3n) is 4.98. The average molecular weight is 465 g/mol. The number of carbonyl (C=O) groups excluding carboxylic acids is 1. The molecule has 32 heavy (non-hydrogen) atoms. The molecule has 0 saturated carbocycles. The number of rotatable bonds is 5. The first-order chi connectivity index (χ1) is 15.3. The molecule has 1 atom stereocenters. The maximum Gasteiger partial charge on any atom is 0.267 e. The zero-order valence-corrected chi connectivity index (χ0v) is 19.4. The first kappa shape index (κ1) is 22.0. The molecular formula is C24H21ClN4O2S. The topological polar surface area (TPSA) is 76.9 Å². The molecule has 6 nitrogen and oxygen atoms in total. The number of carbonyl (C=O) groups is 1. The van der Waals surface area contributed by atoms with Crippen molar-refractivity contribution in [1.82, 2.24) is 14.5 Å². The number of halogens is 1. The summed E-state index contributed by atoms with van der Waals surface area (Å²) in [4.78, 5) is 35.3. The van der Waals surface area contributed by atoms with E-state index in [0.717, 1.165) is 11.1 Å². The number of thioether (sulfide) groups is 1. The molecule has 0 bridgehead atoms. The Morgan fingerprint density at radius 1 is 1.12 bits per heavy atom.